The molecule has 1 aromatic carbocycles. The van der Waals surface area contributed by atoms with Crippen molar-refractivity contribution in [1.29, 1.82) is 0 Å². The lowest BCUT2D eigenvalue weighted by Gasteiger charge is -2.03. The highest BCUT2D eigenvalue weighted by Crippen LogP contribution is 2.10. The van der Waals surface area contributed by atoms with Crippen molar-refractivity contribution >= 4 is 5.97 Å². The van der Waals surface area contributed by atoms with Crippen molar-refractivity contribution in [1.82, 2.24) is 5.32 Å². The van der Waals surface area contributed by atoms with E-state index in [1.807, 2.05) is 0 Å². The zero-order valence-corrected chi connectivity index (χ0v) is 8.88. The molecule has 1 aromatic rings. The molecule has 0 aliphatic carbocycles. The van der Waals surface area contributed by atoms with Crippen LogP contribution in [0.2, 0.25) is 0 Å². The van der Waals surface area contributed by atoms with Crippen LogP contribution in [0.5, 0.6) is 0 Å². The van der Waals surface area contributed by atoms with Crippen LogP contribution in [0, 0.1) is 17.7 Å². The number of hydrogen-bond acceptors (Lipinski definition) is 2. The smallest absolute Gasteiger partial charge is 0.338 e. The van der Waals surface area contributed by atoms with Crippen LogP contribution in [0.15, 0.2) is 18.2 Å². The molecule has 0 bridgehead atoms. The van der Waals surface area contributed by atoms with Gasteiger partial charge in [-0.2, -0.15) is 0 Å². The predicted molar refractivity (Wildman–Crippen MR) is 58.5 cm³/mol. The highest BCUT2D eigenvalue weighted by atomic mass is 19.1. The first-order valence-corrected chi connectivity index (χ1v) is 4.77. The Kier molecular flexibility index (Phi) is 4.49. The van der Waals surface area contributed by atoms with Crippen molar-refractivity contribution in [3.63, 3.8) is 0 Å². The Bertz CT molecular complexity index is 446. The second kappa shape index (κ2) is 5.89. The third-order valence-corrected chi connectivity index (χ3v) is 1.98. The van der Waals surface area contributed by atoms with Crippen molar-refractivity contribution in [2.24, 2.45) is 0 Å². The summed E-state index contributed by atoms with van der Waals surface area (Å²) in [5.74, 6) is 3.57. The largest absolute Gasteiger partial charge is 0.478 e. The molecule has 0 saturated heterocycles. The molecule has 84 valence electrons. The first kappa shape index (κ1) is 12.2. The number of aromatic carboxylic acids is 1. The summed E-state index contributed by atoms with van der Waals surface area (Å²) >= 11 is 0. The van der Waals surface area contributed by atoms with Crippen molar-refractivity contribution in [2.75, 3.05) is 6.54 Å². The molecule has 2 N–H and O–H groups in total. The normalized spacial score (nSPS) is 9.38. The number of nitrogens with one attached hydrogen (secondary N) is 1. The van der Waals surface area contributed by atoms with E-state index in [1.54, 1.807) is 13.0 Å². The van der Waals surface area contributed by atoms with Gasteiger partial charge in [0.2, 0.25) is 0 Å². The van der Waals surface area contributed by atoms with E-state index in [9.17, 15) is 9.18 Å². The van der Waals surface area contributed by atoms with E-state index in [0.717, 1.165) is 0 Å². The van der Waals surface area contributed by atoms with Crippen molar-refractivity contribution in [3.8, 4) is 11.8 Å². The SMILES string of the molecule is CC#CCNCc1ccc(C(=O)O)c(F)c1. The van der Waals surface area contributed by atoms with E-state index in [0.29, 0.717) is 18.7 Å². The van der Waals surface area contributed by atoms with Gasteiger partial charge in [-0.3, -0.25) is 0 Å². The minimum atomic E-state index is -1.26. The Balaban J connectivity index is 2.65. The summed E-state index contributed by atoms with van der Waals surface area (Å²) in [7, 11) is 0. The van der Waals surface area contributed by atoms with Gasteiger partial charge in [0, 0.05) is 6.54 Å². The molecule has 1 rings (SSSR count). The second-order valence-electron chi connectivity index (χ2n) is 3.15. The van der Waals surface area contributed by atoms with Gasteiger partial charge in [0.25, 0.3) is 0 Å². The maximum absolute atomic E-state index is 13.2. The number of carboxylic acids is 1. The molecule has 0 aromatic heterocycles. The fourth-order valence-electron chi connectivity index (χ4n) is 1.20. The Morgan fingerprint density at radius 2 is 2.31 bits per heavy atom. The quantitative estimate of drug-likeness (QED) is 0.600. The second-order valence-corrected chi connectivity index (χ2v) is 3.15. The van der Waals surface area contributed by atoms with E-state index in [1.165, 1.54) is 12.1 Å². The van der Waals surface area contributed by atoms with Gasteiger partial charge in [0.1, 0.15) is 5.82 Å². The first-order chi connectivity index (χ1) is 7.65. The van der Waals surface area contributed by atoms with Crippen LogP contribution in [0.3, 0.4) is 0 Å². The molecular formula is C12H12FNO2. The number of carbonyl (C=O) groups is 1. The van der Waals surface area contributed by atoms with E-state index in [-0.39, 0.29) is 5.56 Å². The monoisotopic (exact) mass is 221 g/mol. The minimum absolute atomic E-state index is 0.308. The fourth-order valence-corrected chi connectivity index (χ4v) is 1.20. The molecule has 0 unspecified atom stereocenters. The number of benzene rings is 1. The number of rotatable bonds is 4. The summed E-state index contributed by atoms with van der Waals surface area (Å²) in [4.78, 5) is 10.6. The number of hydrogen-bond donors (Lipinski definition) is 2. The van der Waals surface area contributed by atoms with Gasteiger partial charge in [0.15, 0.2) is 0 Å². The molecule has 0 fully saturated rings. The lowest BCUT2D eigenvalue weighted by Crippen LogP contribution is -2.13. The van der Waals surface area contributed by atoms with Crippen molar-refractivity contribution < 1.29 is 14.3 Å². The average molecular weight is 221 g/mol. The van der Waals surface area contributed by atoms with E-state index < -0.39 is 11.8 Å². The standard InChI is InChI=1S/C12H12FNO2/c1-2-3-6-14-8-9-4-5-10(12(15)16)11(13)7-9/h4-5,7,14H,6,8H2,1H3,(H,15,16). The van der Waals surface area contributed by atoms with E-state index in [4.69, 9.17) is 5.11 Å². The summed E-state index contributed by atoms with van der Waals surface area (Å²) in [5.41, 5.74) is 0.387. The summed E-state index contributed by atoms with van der Waals surface area (Å²) in [6.07, 6.45) is 0. The summed E-state index contributed by atoms with van der Waals surface area (Å²) in [6, 6.07) is 4.06. The average Bonchev–Trinajstić information content (AvgIpc) is 2.24. The lowest BCUT2D eigenvalue weighted by atomic mass is 10.1. The Morgan fingerprint density at radius 1 is 1.56 bits per heavy atom. The van der Waals surface area contributed by atoms with Gasteiger partial charge in [0.05, 0.1) is 12.1 Å². The van der Waals surface area contributed by atoms with Crippen molar-refractivity contribution in [2.45, 2.75) is 13.5 Å². The topological polar surface area (TPSA) is 49.3 Å². The molecule has 0 aliphatic rings. The van der Waals surface area contributed by atoms with Gasteiger partial charge < -0.3 is 10.4 Å². The lowest BCUT2D eigenvalue weighted by molar-refractivity contribution is 0.0692. The van der Waals surface area contributed by atoms with Crippen LogP contribution in [0.25, 0.3) is 0 Å². The molecule has 16 heavy (non-hydrogen) atoms. The molecule has 0 radical (unpaired) electrons. The van der Waals surface area contributed by atoms with Crippen LogP contribution in [-0.4, -0.2) is 17.6 Å². The Morgan fingerprint density at radius 3 is 2.88 bits per heavy atom. The van der Waals surface area contributed by atoms with E-state index >= 15 is 0 Å². The highest BCUT2D eigenvalue weighted by molar-refractivity contribution is 5.87. The Hall–Kier alpha value is -1.86. The fraction of sp³-hybridized carbons (Fsp3) is 0.250. The third kappa shape index (κ3) is 3.37. The minimum Gasteiger partial charge on any atom is -0.478 e. The maximum atomic E-state index is 13.2. The molecule has 0 aliphatic heterocycles. The molecule has 0 amide bonds. The van der Waals surface area contributed by atoms with Crippen LogP contribution in [0.1, 0.15) is 22.8 Å². The Labute approximate surface area is 93.3 Å². The molecule has 0 atom stereocenters. The van der Waals surface area contributed by atoms with Crippen molar-refractivity contribution in [3.05, 3.63) is 35.1 Å². The van der Waals surface area contributed by atoms with Gasteiger partial charge in [-0.15, -0.1) is 5.92 Å². The van der Waals surface area contributed by atoms with Gasteiger partial charge in [-0.05, 0) is 24.6 Å². The van der Waals surface area contributed by atoms with E-state index in [2.05, 4.69) is 17.2 Å². The number of halogens is 1. The van der Waals surface area contributed by atoms with Gasteiger partial charge in [-0.1, -0.05) is 12.0 Å². The zero-order valence-electron chi connectivity index (χ0n) is 8.88. The molecule has 0 spiro atoms. The molecule has 0 saturated carbocycles. The van der Waals surface area contributed by atoms with Crippen LogP contribution >= 0.6 is 0 Å². The first-order valence-electron chi connectivity index (χ1n) is 4.77. The summed E-state index contributed by atoms with van der Waals surface area (Å²) < 4.78 is 13.2. The van der Waals surface area contributed by atoms with Gasteiger partial charge in [-0.25, -0.2) is 9.18 Å². The maximum Gasteiger partial charge on any atom is 0.338 e. The summed E-state index contributed by atoms with van der Waals surface area (Å²) in [6.45, 7) is 2.73. The highest BCUT2D eigenvalue weighted by Gasteiger charge is 2.09. The van der Waals surface area contributed by atoms with Crippen LogP contribution in [-0.2, 0) is 6.54 Å². The molecule has 4 heteroatoms. The predicted octanol–water partition coefficient (Wildman–Crippen LogP) is 1.64. The van der Waals surface area contributed by atoms with Crippen LogP contribution < -0.4 is 5.32 Å². The molecule has 3 nitrogen and oxygen atoms in total. The number of carboxylic acid groups (broad SMARTS) is 1. The van der Waals surface area contributed by atoms with Crippen LogP contribution in [0.4, 0.5) is 4.39 Å². The third-order valence-electron chi connectivity index (χ3n) is 1.98. The van der Waals surface area contributed by atoms with Gasteiger partial charge >= 0.3 is 5.97 Å². The molecular weight excluding hydrogens is 209 g/mol. The zero-order chi connectivity index (χ0) is 12.0. The molecule has 0 heterocycles. The summed E-state index contributed by atoms with van der Waals surface area (Å²) in [5, 5.41) is 11.6.